The van der Waals surface area contributed by atoms with Crippen LogP contribution >= 0.6 is 0 Å². The molecule has 0 fully saturated rings. The molecule has 0 saturated carbocycles. The van der Waals surface area contributed by atoms with Crippen LogP contribution in [0.15, 0.2) is 42.5 Å². The van der Waals surface area contributed by atoms with E-state index in [0.717, 1.165) is 11.3 Å². The Hall–Kier alpha value is -2.89. The van der Waals surface area contributed by atoms with E-state index >= 15 is 0 Å². The molecule has 2 aromatic carbocycles. The third kappa shape index (κ3) is 6.31. The maximum atomic E-state index is 13.5. The summed E-state index contributed by atoms with van der Waals surface area (Å²) in [6.07, 6.45) is 0. The largest absolute Gasteiger partial charge is 0.377 e. The molecule has 0 aromatic heterocycles. The first kappa shape index (κ1) is 25.4. The van der Waals surface area contributed by atoms with Crippen molar-refractivity contribution in [1.82, 2.24) is 4.90 Å². The minimum atomic E-state index is -0.509. The highest BCUT2D eigenvalue weighted by Gasteiger charge is 2.32. The first-order chi connectivity index (χ1) is 14.8. The first-order valence-corrected chi connectivity index (χ1v) is 11.0. The molecule has 0 aliphatic carbocycles. The van der Waals surface area contributed by atoms with E-state index < -0.39 is 11.2 Å². The van der Waals surface area contributed by atoms with Gasteiger partial charge in [-0.25, -0.2) is 4.39 Å². The zero-order chi connectivity index (χ0) is 24.2. The van der Waals surface area contributed by atoms with Gasteiger partial charge in [-0.2, -0.15) is 0 Å². The van der Waals surface area contributed by atoms with Crippen LogP contribution in [-0.4, -0.2) is 36.9 Å². The number of nitrogens with one attached hydrogen (secondary N) is 1. The summed E-state index contributed by atoms with van der Waals surface area (Å²) in [4.78, 5) is 29.8. The van der Waals surface area contributed by atoms with Crippen LogP contribution in [-0.2, 0) is 11.3 Å². The van der Waals surface area contributed by atoms with Crippen molar-refractivity contribution in [3.8, 4) is 0 Å². The summed E-state index contributed by atoms with van der Waals surface area (Å²) in [6.45, 7) is 12.5. The summed E-state index contributed by atoms with van der Waals surface area (Å²) >= 11 is 0. The second kappa shape index (κ2) is 10.2. The lowest BCUT2D eigenvalue weighted by atomic mass is 9.92. The van der Waals surface area contributed by atoms with Crippen LogP contribution in [0.4, 0.5) is 15.8 Å². The van der Waals surface area contributed by atoms with Crippen LogP contribution in [0.1, 0.15) is 57.5 Å². The first-order valence-electron chi connectivity index (χ1n) is 11.0. The molecule has 5 nitrogen and oxygen atoms in total. The Bertz CT molecular complexity index is 964. The van der Waals surface area contributed by atoms with Crippen molar-refractivity contribution in [3.63, 3.8) is 0 Å². The van der Waals surface area contributed by atoms with Crippen LogP contribution in [0.25, 0.3) is 0 Å². The van der Waals surface area contributed by atoms with Gasteiger partial charge in [-0.1, -0.05) is 40.7 Å². The molecule has 2 aromatic rings. The maximum absolute atomic E-state index is 13.5. The maximum Gasteiger partial charge on any atom is 0.255 e. The van der Waals surface area contributed by atoms with Crippen LogP contribution in [0, 0.1) is 17.2 Å². The Labute approximate surface area is 191 Å². The molecule has 6 heteroatoms. The van der Waals surface area contributed by atoms with Crippen LogP contribution in [0.2, 0.25) is 0 Å². The van der Waals surface area contributed by atoms with Gasteiger partial charge in [-0.05, 0) is 54.8 Å². The Morgan fingerprint density at radius 2 is 1.69 bits per heavy atom. The molecule has 0 spiro atoms. The van der Waals surface area contributed by atoms with Crippen LogP contribution in [0.3, 0.4) is 0 Å². The van der Waals surface area contributed by atoms with Gasteiger partial charge >= 0.3 is 0 Å². The van der Waals surface area contributed by atoms with E-state index in [1.54, 1.807) is 6.07 Å². The van der Waals surface area contributed by atoms with Crippen molar-refractivity contribution >= 4 is 23.2 Å². The monoisotopic (exact) mass is 441 g/mol. The molecule has 0 saturated heterocycles. The molecular formula is C26H36FN3O2. The lowest BCUT2D eigenvalue weighted by Gasteiger charge is -2.37. The highest BCUT2D eigenvalue weighted by atomic mass is 19.1. The van der Waals surface area contributed by atoms with E-state index in [9.17, 15) is 14.0 Å². The summed E-state index contributed by atoms with van der Waals surface area (Å²) in [5.41, 5.74) is 2.24. The van der Waals surface area contributed by atoms with Crippen molar-refractivity contribution in [2.75, 3.05) is 24.3 Å². The molecule has 0 radical (unpaired) electrons. The normalized spacial score (nSPS) is 12.4. The Morgan fingerprint density at radius 1 is 1.03 bits per heavy atom. The SMILES string of the molecule is CC(C)[C@@H](C)N(Cc1cc(NC(=O)c2cccc(F)c2)ccc1N(C)C)C(=O)C(C)(C)C. The molecule has 0 bridgehead atoms. The Balaban J connectivity index is 2.41. The van der Waals surface area contributed by atoms with E-state index in [2.05, 4.69) is 26.1 Å². The van der Waals surface area contributed by atoms with Gasteiger partial charge in [0.2, 0.25) is 5.91 Å². The van der Waals surface area contributed by atoms with Gasteiger partial charge in [0.25, 0.3) is 5.91 Å². The quantitative estimate of drug-likeness (QED) is 0.612. The van der Waals surface area contributed by atoms with Crippen LogP contribution < -0.4 is 10.2 Å². The van der Waals surface area contributed by atoms with Crippen molar-refractivity contribution in [2.45, 2.75) is 54.1 Å². The van der Waals surface area contributed by atoms with Gasteiger partial charge in [-0.3, -0.25) is 9.59 Å². The van der Waals surface area contributed by atoms with Gasteiger partial charge in [0, 0.05) is 49.0 Å². The minimum absolute atomic E-state index is 0.0438. The van der Waals surface area contributed by atoms with Gasteiger partial charge in [0.1, 0.15) is 5.82 Å². The average Bonchev–Trinajstić information content (AvgIpc) is 2.70. The minimum Gasteiger partial charge on any atom is -0.377 e. The van der Waals surface area contributed by atoms with E-state index in [4.69, 9.17) is 0 Å². The Kier molecular flexibility index (Phi) is 8.05. The van der Waals surface area contributed by atoms with Crippen molar-refractivity contribution < 1.29 is 14.0 Å². The fourth-order valence-electron chi connectivity index (χ4n) is 3.43. The summed E-state index contributed by atoms with van der Waals surface area (Å²) in [6, 6.07) is 11.3. The summed E-state index contributed by atoms with van der Waals surface area (Å²) in [7, 11) is 3.90. The van der Waals surface area contributed by atoms with Crippen molar-refractivity contribution in [3.05, 3.63) is 59.4 Å². The van der Waals surface area contributed by atoms with Crippen molar-refractivity contribution in [1.29, 1.82) is 0 Å². The number of halogens is 1. The third-order valence-corrected chi connectivity index (χ3v) is 5.61. The standard InChI is InChI=1S/C26H36FN3O2/c1-17(2)18(3)30(25(32)26(4,5)6)16-20-15-22(12-13-23(20)29(7)8)28-24(31)19-10-9-11-21(27)14-19/h9-15,17-18H,16H2,1-8H3,(H,28,31)/t18-/m1/s1. The highest BCUT2D eigenvalue weighted by Crippen LogP contribution is 2.29. The number of nitrogens with zero attached hydrogens (tertiary/aromatic N) is 2. The lowest BCUT2D eigenvalue weighted by Crippen LogP contribution is -2.46. The predicted octanol–water partition coefficient (Wildman–Crippen LogP) is 5.56. The molecule has 174 valence electrons. The topological polar surface area (TPSA) is 52.7 Å². The van der Waals surface area contributed by atoms with Crippen LogP contribution in [0.5, 0.6) is 0 Å². The molecule has 0 aliphatic heterocycles. The molecule has 2 rings (SSSR count). The summed E-state index contributed by atoms with van der Waals surface area (Å²) < 4.78 is 13.5. The summed E-state index contributed by atoms with van der Waals surface area (Å²) in [5.74, 6) is -0.468. The number of amides is 2. The predicted molar refractivity (Wildman–Crippen MR) is 129 cm³/mol. The highest BCUT2D eigenvalue weighted by molar-refractivity contribution is 6.04. The molecule has 2 amide bonds. The van der Waals surface area contributed by atoms with Crippen molar-refractivity contribution in [2.24, 2.45) is 11.3 Å². The number of carbonyl (C=O) groups excluding carboxylic acids is 2. The number of carbonyl (C=O) groups is 2. The number of benzene rings is 2. The number of hydrogen-bond acceptors (Lipinski definition) is 3. The fourth-order valence-corrected chi connectivity index (χ4v) is 3.43. The molecular weight excluding hydrogens is 405 g/mol. The molecule has 1 atom stereocenters. The Morgan fingerprint density at radius 3 is 2.22 bits per heavy atom. The fraction of sp³-hybridized carbons (Fsp3) is 0.462. The van der Waals surface area contributed by atoms with E-state index in [0.29, 0.717) is 18.2 Å². The van der Waals surface area contributed by atoms with E-state index in [1.165, 1.54) is 18.2 Å². The van der Waals surface area contributed by atoms with Gasteiger partial charge in [0.05, 0.1) is 0 Å². The number of rotatable bonds is 7. The lowest BCUT2D eigenvalue weighted by molar-refractivity contribution is -0.143. The molecule has 1 N–H and O–H groups in total. The third-order valence-electron chi connectivity index (χ3n) is 5.61. The molecule has 32 heavy (non-hydrogen) atoms. The zero-order valence-electron chi connectivity index (χ0n) is 20.5. The summed E-state index contributed by atoms with van der Waals surface area (Å²) in [5, 5.41) is 2.85. The van der Waals surface area contributed by atoms with Gasteiger partial charge in [0.15, 0.2) is 0 Å². The van der Waals surface area contributed by atoms with E-state index in [1.807, 2.05) is 62.9 Å². The second-order valence-corrected chi connectivity index (χ2v) is 9.87. The van der Waals surface area contributed by atoms with E-state index in [-0.39, 0.29) is 23.4 Å². The second-order valence-electron chi connectivity index (χ2n) is 9.87. The van der Waals surface area contributed by atoms with Gasteiger partial charge < -0.3 is 15.1 Å². The number of hydrogen-bond donors (Lipinski definition) is 1. The number of anilines is 2. The molecule has 0 aliphatic rings. The average molecular weight is 442 g/mol. The smallest absolute Gasteiger partial charge is 0.255 e. The zero-order valence-corrected chi connectivity index (χ0v) is 20.5. The molecule has 0 heterocycles. The van der Waals surface area contributed by atoms with Gasteiger partial charge in [-0.15, -0.1) is 0 Å². The molecule has 0 unspecified atom stereocenters.